The summed E-state index contributed by atoms with van der Waals surface area (Å²) in [7, 11) is 1.72. The van der Waals surface area contributed by atoms with Crippen LogP contribution in [0.25, 0.3) is 0 Å². The first-order valence-corrected chi connectivity index (χ1v) is 7.25. The lowest BCUT2D eigenvalue weighted by Crippen LogP contribution is -2.89. The Bertz CT molecular complexity index is 400. The van der Waals surface area contributed by atoms with Crippen molar-refractivity contribution in [1.29, 1.82) is 0 Å². The third-order valence-electron chi connectivity index (χ3n) is 3.42. The molecule has 1 aliphatic heterocycles. The third-order valence-corrected chi connectivity index (χ3v) is 3.42. The van der Waals surface area contributed by atoms with Gasteiger partial charge < -0.3 is 19.7 Å². The normalized spacial score (nSPS) is 16.2. The molecule has 0 aromatic carbocycles. The minimum Gasteiger partial charge on any atom is -0.491 e. The Morgan fingerprint density at radius 1 is 1.25 bits per heavy atom. The minimum absolute atomic E-state index is 0.0100. The van der Waals surface area contributed by atoms with E-state index >= 15 is 0 Å². The average molecular weight is 280 g/mol. The number of hydrogen-bond acceptors (Lipinski definition) is 4. The van der Waals surface area contributed by atoms with Gasteiger partial charge in [0.1, 0.15) is 11.6 Å². The maximum absolute atomic E-state index is 5.80. The Morgan fingerprint density at radius 2 is 2.00 bits per heavy atom. The Hall–Kier alpha value is -1.33. The fourth-order valence-corrected chi connectivity index (χ4v) is 2.34. The van der Waals surface area contributed by atoms with Crippen molar-refractivity contribution in [3.05, 3.63) is 18.3 Å². The zero-order valence-corrected chi connectivity index (χ0v) is 12.8. The van der Waals surface area contributed by atoms with Crippen LogP contribution >= 0.6 is 0 Å². The second-order valence-electron chi connectivity index (χ2n) is 6.09. The summed E-state index contributed by atoms with van der Waals surface area (Å²) in [5.41, 5.74) is 0.0100. The average Bonchev–Trinajstić information content (AvgIpc) is 2.47. The first-order chi connectivity index (χ1) is 9.61. The standard InChI is InChI=1S/C15H25N3O2/c1-15(2,11-19-3)12-20-13-4-5-14(17-10-13)18-8-6-16-7-9-18/h4-5,10,16H,6-9,11-12H2,1-3H3/p+1. The molecule has 2 heterocycles. The van der Waals surface area contributed by atoms with Crippen molar-refractivity contribution >= 4 is 5.82 Å². The van der Waals surface area contributed by atoms with E-state index < -0.39 is 0 Å². The molecule has 0 aliphatic carbocycles. The summed E-state index contributed by atoms with van der Waals surface area (Å²) in [4.78, 5) is 6.82. The van der Waals surface area contributed by atoms with Crippen LogP contribution in [0.15, 0.2) is 18.3 Å². The number of quaternary nitrogens is 1. The molecule has 2 rings (SSSR count). The smallest absolute Gasteiger partial charge is 0.137 e. The van der Waals surface area contributed by atoms with Crippen molar-refractivity contribution < 1.29 is 14.8 Å². The molecule has 0 amide bonds. The van der Waals surface area contributed by atoms with Crippen LogP contribution < -0.4 is 15.0 Å². The van der Waals surface area contributed by atoms with Crippen LogP contribution in [0.1, 0.15) is 13.8 Å². The molecule has 20 heavy (non-hydrogen) atoms. The number of nitrogens with two attached hydrogens (primary N) is 1. The number of ether oxygens (including phenoxy) is 2. The molecule has 0 unspecified atom stereocenters. The molecule has 1 aromatic rings. The number of nitrogens with zero attached hydrogens (tertiary/aromatic N) is 2. The van der Waals surface area contributed by atoms with Gasteiger partial charge in [-0.05, 0) is 12.1 Å². The predicted octanol–water partition coefficient (Wildman–Crippen LogP) is 0.516. The predicted molar refractivity (Wildman–Crippen MR) is 79.3 cm³/mol. The Balaban J connectivity index is 1.88. The second kappa shape index (κ2) is 6.90. The molecular weight excluding hydrogens is 254 g/mol. The molecule has 1 saturated heterocycles. The molecule has 5 heteroatoms. The van der Waals surface area contributed by atoms with Crippen LogP contribution in [0.2, 0.25) is 0 Å². The first kappa shape index (κ1) is 15.1. The minimum atomic E-state index is 0.0100. The quantitative estimate of drug-likeness (QED) is 0.825. The molecule has 5 nitrogen and oxygen atoms in total. The van der Waals surface area contributed by atoms with Crippen LogP contribution in [0.4, 0.5) is 5.82 Å². The van der Waals surface area contributed by atoms with E-state index in [9.17, 15) is 0 Å². The Morgan fingerprint density at radius 3 is 2.60 bits per heavy atom. The van der Waals surface area contributed by atoms with E-state index in [1.165, 1.54) is 0 Å². The molecule has 1 aliphatic rings. The van der Waals surface area contributed by atoms with Gasteiger partial charge in [-0.1, -0.05) is 13.8 Å². The second-order valence-corrected chi connectivity index (χ2v) is 6.09. The highest BCUT2D eigenvalue weighted by Crippen LogP contribution is 2.20. The molecule has 0 atom stereocenters. The van der Waals surface area contributed by atoms with Gasteiger partial charge in [-0.3, -0.25) is 0 Å². The van der Waals surface area contributed by atoms with Crippen LogP contribution in [0, 0.1) is 5.41 Å². The van der Waals surface area contributed by atoms with E-state index in [0.29, 0.717) is 13.2 Å². The van der Waals surface area contributed by atoms with Gasteiger partial charge in [-0.15, -0.1) is 0 Å². The number of rotatable bonds is 6. The lowest BCUT2D eigenvalue weighted by Gasteiger charge is -2.26. The summed E-state index contributed by atoms with van der Waals surface area (Å²) in [6.45, 7) is 9.98. The van der Waals surface area contributed by atoms with E-state index in [-0.39, 0.29) is 5.41 Å². The number of methoxy groups -OCH3 is 1. The van der Waals surface area contributed by atoms with Gasteiger partial charge in [-0.2, -0.15) is 0 Å². The SMILES string of the molecule is COCC(C)(C)COc1ccc(N2CC[NH2+]CC2)nc1. The fraction of sp³-hybridized carbons (Fsp3) is 0.667. The molecule has 0 bridgehead atoms. The summed E-state index contributed by atoms with van der Waals surface area (Å²) < 4.78 is 11.0. The maximum atomic E-state index is 5.80. The van der Waals surface area contributed by atoms with Crippen LogP contribution in [0.5, 0.6) is 5.75 Å². The van der Waals surface area contributed by atoms with Crippen molar-refractivity contribution in [3.8, 4) is 5.75 Å². The van der Waals surface area contributed by atoms with E-state index in [4.69, 9.17) is 9.47 Å². The van der Waals surface area contributed by atoms with Crippen LogP contribution in [-0.4, -0.2) is 51.5 Å². The van der Waals surface area contributed by atoms with Crippen LogP contribution in [-0.2, 0) is 4.74 Å². The summed E-state index contributed by atoms with van der Waals surface area (Å²) >= 11 is 0. The van der Waals surface area contributed by atoms with Crippen molar-refractivity contribution in [3.63, 3.8) is 0 Å². The monoisotopic (exact) mass is 280 g/mol. The van der Waals surface area contributed by atoms with E-state index in [1.54, 1.807) is 7.11 Å². The molecule has 0 saturated carbocycles. The summed E-state index contributed by atoms with van der Waals surface area (Å²) in [5.74, 6) is 1.86. The van der Waals surface area contributed by atoms with Crippen molar-refractivity contribution in [2.24, 2.45) is 5.41 Å². The highest BCUT2D eigenvalue weighted by Gasteiger charge is 2.19. The Labute approximate surface area is 121 Å². The first-order valence-electron chi connectivity index (χ1n) is 7.25. The van der Waals surface area contributed by atoms with E-state index in [0.717, 1.165) is 37.7 Å². The zero-order valence-electron chi connectivity index (χ0n) is 12.8. The van der Waals surface area contributed by atoms with E-state index in [2.05, 4.69) is 29.0 Å². The summed E-state index contributed by atoms with van der Waals surface area (Å²) in [6, 6.07) is 4.05. The van der Waals surface area contributed by atoms with E-state index in [1.807, 2.05) is 18.3 Å². The number of anilines is 1. The Kier molecular flexibility index (Phi) is 5.20. The molecule has 0 radical (unpaired) electrons. The lowest BCUT2D eigenvalue weighted by molar-refractivity contribution is -0.655. The fourth-order valence-electron chi connectivity index (χ4n) is 2.34. The lowest BCUT2D eigenvalue weighted by atomic mass is 9.96. The number of pyridine rings is 1. The van der Waals surface area contributed by atoms with Gasteiger partial charge in [-0.25, -0.2) is 4.98 Å². The highest BCUT2D eigenvalue weighted by atomic mass is 16.5. The van der Waals surface area contributed by atoms with Gasteiger partial charge in [0, 0.05) is 12.5 Å². The molecule has 1 fully saturated rings. The number of hydrogen-bond donors (Lipinski definition) is 1. The summed E-state index contributed by atoms with van der Waals surface area (Å²) in [5, 5.41) is 2.34. The molecular formula is C15H26N3O2+. The third kappa shape index (κ3) is 4.35. The van der Waals surface area contributed by atoms with Gasteiger partial charge in [0.05, 0.1) is 45.6 Å². The topological polar surface area (TPSA) is 51.2 Å². The molecule has 2 N–H and O–H groups in total. The largest absolute Gasteiger partial charge is 0.491 e. The van der Waals surface area contributed by atoms with Gasteiger partial charge in [0.15, 0.2) is 0 Å². The van der Waals surface area contributed by atoms with Crippen molar-refractivity contribution in [2.75, 3.05) is 51.4 Å². The van der Waals surface area contributed by atoms with Gasteiger partial charge >= 0.3 is 0 Å². The van der Waals surface area contributed by atoms with Crippen molar-refractivity contribution in [1.82, 2.24) is 4.98 Å². The summed E-state index contributed by atoms with van der Waals surface area (Å²) in [6.07, 6.45) is 1.82. The van der Waals surface area contributed by atoms with Gasteiger partial charge in [0.2, 0.25) is 0 Å². The molecule has 0 spiro atoms. The molecule has 112 valence electrons. The van der Waals surface area contributed by atoms with Crippen LogP contribution in [0.3, 0.4) is 0 Å². The highest BCUT2D eigenvalue weighted by molar-refractivity contribution is 5.40. The zero-order chi connectivity index (χ0) is 14.4. The number of aromatic nitrogens is 1. The van der Waals surface area contributed by atoms with Gasteiger partial charge in [0.25, 0.3) is 0 Å². The maximum Gasteiger partial charge on any atom is 0.137 e. The van der Waals surface area contributed by atoms with Crippen molar-refractivity contribution in [2.45, 2.75) is 13.8 Å². The molecule has 1 aromatic heterocycles. The number of piperazine rings is 1.